The summed E-state index contributed by atoms with van der Waals surface area (Å²) in [5, 5.41) is 4.54. The lowest BCUT2D eigenvalue weighted by atomic mass is 10.3. The van der Waals surface area contributed by atoms with Gasteiger partial charge in [0.1, 0.15) is 11.3 Å². The van der Waals surface area contributed by atoms with Crippen molar-refractivity contribution in [2.24, 2.45) is 0 Å². The molecule has 0 saturated carbocycles. The molecule has 0 spiro atoms. The van der Waals surface area contributed by atoms with E-state index in [1.165, 1.54) is 0 Å². The van der Waals surface area contributed by atoms with Crippen LogP contribution in [0.5, 0.6) is 0 Å². The molecule has 0 aromatic carbocycles. The summed E-state index contributed by atoms with van der Waals surface area (Å²) in [5.41, 5.74) is 3.04. The van der Waals surface area contributed by atoms with Crippen molar-refractivity contribution in [3.63, 3.8) is 0 Å². The monoisotopic (exact) mass is 298 g/mol. The highest BCUT2D eigenvalue weighted by molar-refractivity contribution is 6.17. The molecule has 6 heteroatoms. The summed E-state index contributed by atoms with van der Waals surface area (Å²) in [6.45, 7) is 10.5. The van der Waals surface area contributed by atoms with E-state index in [2.05, 4.69) is 23.5 Å². The molecule has 20 heavy (non-hydrogen) atoms. The van der Waals surface area contributed by atoms with E-state index in [1.807, 2.05) is 18.5 Å². The summed E-state index contributed by atoms with van der Waals surface area (Å²) >= 11 is 5.91. The van der Waals surface area contributed by atoms with Gasteiger partial charge in [0.2, 0.25) is 0 Å². The minimum absolute atomic E-state index is 0.145. The van der Waals surface area contributed by atoms with Crippen LogP contribution in [-0.2, 0) is 24.2 Å². The van der Waals surface area contributed by atoms with Crippen molar-refractivity contribution >= 4 is 22.8 Å². The average Bonchev–Trinajstić information content (AvgIpc) is 2.90. The number of halogens is 1. The lowest BCUT2D eigenvalue weighted by Gasteiger charge is -2.15. The van der Waals surface area contributed by atoms with Crippen molar-refractivity contribution < 1.29 is 4.74 Å². The zero-order valence-corrected chi connectivity index (χ0v) is 13.4. The molecule has 0 radical (unpaired) electrons. The van der Waals surface area contributed by atoms with E-state index < -0.39 is 0 Å². The van der Waals surface area contributed by atoms with Crippen molar-refractivity contribution in [1.82, 2.24) is 19.3 Å². The molecule has 2 heterocycles. The Morgan fingerprint density at radius 2 is 2.10 bits per heavy atom. The molecular weight excluding hydrogens is 276 g/mol. The maximum atomic E-state index is 5.91. The fraction of sp³-hybridized carbons (Fsp3) is 0.714. The molecule has 2 rings (SSSR count). The third-order valence-corrected chi connectivity index (χ3v) is 3.58. The van der Waals surface area contributed by atoms with Crippen molar-refractivity contribution in [3.05, 3.63) is 11.5 Å². The Labute approximate surface area is 124 Å². The highest BCUT2D eigenvalue weighted by atomic mass is 35.5. The lowest BCUT2D eigenvalue weighted by molar-refractivity contribution is 0.0640. The largest absolute Gasteiger partial charge is 0.377 e. The molecule has 5 nitrogen and oxygen atoms in total. The SMILES string of the molecule is CCOC(C)Cn1c(CCCl)nc2c(C)nn(CC)c21. The molecule has 0 aliphatic heterocycles. The number of nitrogens with zero attached hydrogens (tertiary/aromatic N) is 4. The van der Waals surface area contributed by atoms with Crippen LogP contribution in [0.15, 0.2) is 0 Å². The summed E-state index contributed by atoms with van der Waals surface area (Å²) in [6, 6.07) is 0. The van der Waals surface area contributed by atoms with Crippen LogP contribution in [0.2, 0.25) is 0 Å². The first-order chi connectivity index (χ1) is 9.62. The van der Waals surface area contributed by atoms with Gasteiger partial charge in [-0.3, -0.25) is 0 Å². The second kappa shape index (κ2) is 6.59. The predicted octanol–water partition coefficient (Wildman–Crippen LogP) is 2.77. The van der Waals surface area contributed by atoms with Gasteiger partial charge in [-0.25, -0.2) is 9.67 Å². The Bertz CT molecular complexity index is 575. The molecule has 0 bridgehead atoms. The number of alkyl halides is 1. The fourth-order valence-electron chi connectivity index (χ4n) is 2.55. The Morgan fingerprint density at radius 3 is 2.70 bits per heavy atom. The Kier molecular flexibility index (Phi) is 5.05. The Hall–Kier alpha value is -1.07. The van der Waals surface area contributed by atoms with Crippen molar-refractivity contribution in [2.45, 2.75) is 53.3 Å². The van der Waals surface area contributed by atoms with E-state index in [0.717, 1.165) is 48.8 Å². The molecule has 0 aliphatic rings. The van der Waals surface area contributed by atoms with Crippen molar-refractivity contribution in [1.29, 1.82) is 0 Å². The van der Waals surface area contributed by atoms with Crippen LogP contribution in [-0.4, -0.2) is 37.9 Å². The zero-order chi connectivity index (χ0) is 14.7. The minimum atomic E-state index is 0.145. The first-order valence-electron chi connectivity index (χ1n) is 7.22. The number of aryl methyl sites for hydroxylation is 3. The van der Waals surface area contributed by atoms with Crippen LogP contribution >= 0.6 is 11.6 Å². The van der Waals surface area contributed by atoms with Gasteiger partial charge >= 0.3 is 0 Å². The smallest absolute Gasteiger partial charge is 0.159 e. The molecule has 0 N–H and O–H groups in total. The van der Waals surface area contributed by atoms with Gasteiger partial charge in [-0.2, -0.15) is 5.10 Å². The Balaban J connectivity index is 2.48. The van der Waals surface area contributed by atoms with Crippen LogP contribution in [0.4, 0.5) is 0 Å². The number of aromatic nitrogens is 4. The predicted molar refractivity (Wildman–Crippen MR) is 81.4 cm³/mol. The second-order valence-corrected chi connectivity index (χ2v) is 5.29. The standard InChI is InChI=1S/C14H23ClN4O/c1-5-19-14-13(11(4)17-19)16-12(7-8-15)18(14)9-10(3)20-6-2/h10H,5-9H2,1-4H3. The summed E-state index contributed by atoms with van der Waals surface area (Å²) in [5.74, 6) is 1.59. The molecule has 0 aliphatic carbocycles. The quantitative estimate of drug-likeness (QED) is 0.738. The highest BCUT2D eigenvalue weighted by Gasteiger charge is 2.19. The lowest BCUT2D eigenvalue weighted by Crippen LogP contribution is -2.20. The van der Waals surface area contributed by atoms with Gasteiger partial charge in [0.05, 0.1) is 18.3 Å². The van der Waals surface area contributed by atoms with E-state index in [4.69, 9.17) is 21.3 Å². The molecule has 0 fully saturated rings. The van der Waals surface area contributed by atoms with Crippen LogP contribution in [0.1, 0.15) is 32.3 Å². The number of rotatable bonds is 7. The van der Waals surface area contributed by atoms with Crippen LogP contribution in [0, 0.1) is 6.92 Å². The van der Waals surface area contributed by atoms with Gasteiger partial charge < -0.3 is 9.30 Å². The van der Waals surface area contributed by atoms with Gasteiger partial charge in [0, 0.05) is 25.5 Å². The molecule has 1 atom stereocenters. The molecule has 0 saturated heterocycles. The van der Waals surface area contributed by atoms with E-state index in [1.54, 1.807) is 0 Å². The molecular formula is C14H23ClN4O. The summed E-state index contributed by atoms with van der Waals surface area (Å²) in [7, 11) is 0. The first-order valence-corrected chi connectivity index (χ1v) is 7.75. The minimum Gasteiger partial charge on any atom is -0.377 e. The van der Waals surface area contributed by atoms with Crippen LogP contribution in [0.3, 0.4) is 0 Å². The second-order valence-electron chi connectivity index (χ2n) is 4.92. The zero-order valence-electron chi connectivity index (χ0n) is 12.7. The molecule has 0 amide bonds. The third kappa shape index (κ3) is 2.83. The summed E-state index contributed by atoms with van der Waals surface area (Å²) in [6.07, 6.45) is 0.907. The van der Waals surface area contributed by atoms with E-state index in [-0.39, 0.29) is 6.10 Å². The third-order valence-electron chi connectivity index (χ3n) is 3.39. The molecule has 112 valence electrons. The number of fused-ring (bicyclic) bond motifs is 1. The first kappa shape index (κ1) is 15.3. The molecule has 2 aromatic rings. The van der Waals surface area contributed by atoms with E-state index >= 15 is 0 Å². The number of hydrogen-bond donors (Lipinski definition) is 0. The van der Waals surface area contributed by atoms with Gasteiger partial charge in [0.15, 0.2) is 5.65 Å². The van der Waals surface area contributed by atoms with Gasteiger partial charge in [0.25, 0.3) is 0 Å². The Morgan fingerprint density at radius 1 is 1.35 bits per heavy atom. The number of hydrogen-bond acceptors (Lipinski definition) is 3. The summed E-state index contributed by atoms with van der Waals surface area (Å²) in [4.78, 5) is 4.72. The average molecular weight is 299 g/mol. The van der Waals surface area contributed by atoms with E-state index in [0.29, 0.717) is 5.88 Å². The van der Waals surface area contributed by atoms with Gasteiger partial charge in [-0.1, -0.05) is 0 Å². The van der Waals surface area contributed by atoms with E-state index in [9.17, 15) is 0 Å². The molecule has 1 unspecified atom stereocenters. The maximum Gasteiger partial charge on any atom is 0.159 e. The maximum absolute atomic E-state index is 5.91. The number of ether oxygens (including phenoxy) is 1. The summed E-state index contributed by atoms with van der Waals surface area (Å²) < 4.78 is 9.88. The van der Waals surface area contributed by atoms with Gasteiger partial charge in [-0.05, 0) is 27.7 Å². The van der Waals surface area contributed by atoms with Gasteiger partial charge in [-0.15, -0.1) is 11.6 Å². The molecule has 2 aromatic heterocycles. The van der Waals surface area contributed by atoms with Crippen molar-refractivity contribution in [2.75, 3.05) is 12.5 Å². The normalized spacial score (nSPS) is 13.2. The number of imidazole rings is 1. The van der Waals surface area contributed by atoms with Crippen LogP contribution in [0.25, 0.3) is 11.2 Å². The topological polar surface area (TPSA) is 44.9 Å². The fourth-order valence-corrected chi connectivity index (χ4v) is 2.72. The van der Waals surface area contributed by atoms with Crippen LogP contribution < -0.4 is 0 Å². The van der Waals surface area contributed by atoms with Crippen molar-refractivity contribution in [3.8, 4) is 0 Å². The highest BCUT2D eigenvalue weighted by Crippen LogP contribution is 2.21.